The van der Waals surface area contributed by atoms with E-state index in [1.807, 2.05) is 25.1 Å². The number of aryl methyl sites for hydroxylation is 1. The van der Waals surface area contributed by atoms with Gasteiger partial charge in [0.1, 0.15) is 0 Å². The molecule has 3 nitrogen and oxygen atoms in total. The molecule has 0 aliphatic carbocycles. The van der Waals surface area contributed by atoms with Crippen LogP contribution < -0.4 is 11.4 Å². The predicted molar refractivity (Wildman–Crippen MR) is 130 cm³/mol. The van der Waals surface area contributed by atoms with Gasteiger partial charge in [-0.1, -0.05) is 26.8 Å². The molecular formula is C17H17Al3Cl6O3. The topological polar surface area (TPSA) is 27.7 Å². The maximum atomic E-state index is 6.03. The minimum atomic E-state index is -2.43. The molecule has 0 saturated heterocycles. The number of hydrogen-bond donors (Lipinski definition) is 0. The second kappa shape index (κ2) is 11.4. The van der Waals surface area contributed by atoms with Crippen LogP contribution in [0.5, 0.6) is 17.2 Å². The Morgan fingerprint density at radius 2 is 1.14 bits per heavy atom. The molecule has 154 valence electrons. The minimum absolute atomic E-state index is 0.0996. The van der Waals surface area contributed by atoms with Crippen LogP contribution in [0, 0.1) is 6.92 Å². The number of hydrogen-bond acceptors (Lipinski definition) is 3. The van der Waals surface area contributed by atoms with Gasteiger partial charge in [0.25, 0.3) is 0 Å². The summed E-state index contributed by atoms with van der Waals surface area (Å²) < 4.78 is 17.2. The quantitative estimate of drug-likeness (QED) is 0.327. The Morgan fingerprint density at radius 3 is 1.66 bits per heavy atom. The molecular weight excluding hydrogens is 546 g/mol. The van der Waals surface area contributed by atoms with E-state index in [-0.39, 0.29) is 5.41 Å². The van der Waals surface area contributed by atoms with Crippen molar-refractivity contribution in [3.8, 4) is 28.4 Å². The highest BCUT2D eigenvalue weighted by molar-refractivity contribution is 7.31. The normalized spacial score (nSPS) is 11.1. The monoisotopic (exact) mass is 560 g/mol. The average Bonchev–Trinajstić information content (AvgIpc) is 2.55. The average molecular weight is 563 g/mol. The molecule has 2 aromatic carbocycles. The summed E-state index contributed by atoms with van der Waals surface area (Å²) in [5.41, 5.74) is 3.20. The van der Waals surface area contributed by atoms with Crippen molar-refractivity contribution in [3.63, 3.8) is 0 Å². The van der Waals surface area contributed by atoms with Gasteiger partial charge in [-0.2, -0.15) is 60.3 Å². The molecule has 0 aliphatic heterocycles. The Hall–Kier alpha value is 1.18. The SMILES string of the molecule is Cc1cc([O][Al]([Cl])[Cl])c(-c2cc(C(C)(C)C)ccc2[O][Al]([Cl])[Cl])cc1[O][Al]([Cl])[Cl]. The van der Waals surface area contributed by atoms with E-state index in [9.17, 15) is 0 Å². The minimum Gasteiger partial charge on any atom is -0.620 e. The summed E-state index contributed by atoms with van der Waals surface area (Å²) in [5.74, 6) is 1.60. The molecule has 29 heavy (non-hydrogen) atoms. The van der Waals surface area contributed by atoms with Gasteiger partial charge in [0.05, 0.1) is 17.2 Å². The first kappa shape index (κ1) is 26.4. The van der Waals surface area contributed by atoms with Crippen LogP contribution in [0.1, 0.15) is 31.9 Å². The van der Waals surface area contributed by atoms with Gasteiger partial charge in [-0.25, -0.2) is 0 Å². The Labute approximate surface area is 210 Å². The number of benzene rings is 2. The summed E-state index contributed by atoms with van der Waals surface area (Å²) in [7, 11) is 36.0. The van der Waals surface area contributed by atoms with Crippen molar-refractivity contribution in [2.45, 2.75) is 33.1 Å². The third-order valence-corrected chi connectivity index (χ3v) is 6.96. The maximum Gasteiger partial charge on any atom is 0.815 e. The van der Waals surface area contributed by atoms with Gasteiger partial charge in [0, 0.05) is 11.1 Å². The van der Waals surface area contributed by atoms with Gasteiger partial charge in [0.2, 0.25) is 0 Å². The molecule has 0 aliphatic rings. The lowest BCUT2D eigenvalue weighted by Crippen LogP contribution is -2.13. The molecule has 12 heteroatoms. The first-order chi connectivity index (χ1) is 13.4. The van der Waals surface area contributed by atoms with Gasteiger partial charge in [0.15, 0.2) is 0 Å². The molecule has 2 rings (SSSR count). The van der Waals surface area contributed by atoms with Crippen molar-refractivity contribution in [2.75, 3.05) is 0 Å². The van der Waals surface area contributed by atoms with Gasteiger partial charge in [-0.3, -0.25) is 0 Å². The lowest BCUT2D eigenvalue weighted by Gasteiger charge is -2.24. The van der Waals surface area contributed by atoms with Gasteiger partial charge in [-0.15, -0.1) is 0 Å². The highest BCUT2D eigenvalue weighted by Gasteiger charge is 2.27. The molecule has 0 aromatic heterocycles. The second-order valence-electron chi connectivity index (χ2n) is 7.21. The molecule has 0 N–H and O–H groups in total. The third-order valence-electron chi connectivity index (χ3n) is 4.06. The first-order valence-electron chi connectivity index (χ1n) is 8.52. The molecule has 0 spiro atoms. The first-order valence-corrected chi connectivity index (χ1v) is 20.4. The molecule has 0 atom stereocenters. The molecule has 0 fully saturated rings. The Balaban J connectivity index is 2.76. The Kier molecular flexibility index (Phi) is 10.3. The standard InChI is InChI=1S/C17H20O3.3Al.6ClH/c1-10-7-16(20)13(9-15(10)19)12-8-11(17(2,3)4)5-6-14(12)18;;;;;;;;;/h5-9,18-20H,1-4H3;;;;6*1H/q;3*+3;;;;;;/p-9. The summed E-state index contributed by atoms with van der Waals surface area (Å²) >= 11 is -7.19. The lowest BCUT2D eigenvalue weighted by molar-refractivity contribution is 0.576. The van der Waals surface area contributed by atoms with Crippen molar-refractivity contribution < 1.29 is 11.4 Å². The summed E-state index contributed by atoms with van der Waals surface area (Å²) in [6, 6.07) is 9.44. The third kappa shape index (κ3) is 7.92. The molecule has 0 radical (unpaired) electrons. The van der Waals surface area contributed by atoms with Crippen LogP contribution in [0.15, 0.2) is 30.3 Å². The van der Waals surface area contributed by atoms with Crippen LogP contribution in [0.4, 0.5) is 0 Å². The number of rotatable bonds is 7. The number of halogens is 6. The predicted octanol–water partition coefficient (Wildman–Crippen LogP) is 7.48. The largest absolute Gasteiger partial charge is 0.815 e. The fourth-order valence-corrected chi connectivity index (χ4v) is 5.65. The fraction of sp³-hybridized carbons (Fsp3) is 0.294. The molecule has 2 aromatic rings. The van der Waals surface area contributed by atoms with E-state index >= 15 is 0 Å². The van der Waals surface area contributed by atoms with Crippen LogP contribution in [0.25, 0.3) is 11.1 Å². The van der Waals surface area contributed by atoms with Crippen molar-refractivity contribution >= 4 is 98.2 Å². The van der Waals surface area contributed by atoms with Gasteiger partial charge in [-0.05, 0) is 47.7 Å². The molecule has 0 unspecified atom stereocenters. The van der Waals surface area contributed by atoms with Gasteiger partial charge >= 0.3 is 37.9 Å². The van der Waals surface area contributed by atoms with Crippen molar-refractivity contribution in [1.82, 2.24) is 0 Å². The molecule has 0 bridgehead atoms. The highest BCUT2D eigenvalue weighted by Crippen LogP contribution is 2.43. The summed E-state index contributed by atoms with van der Waals surface area (Å²) in [6.45, 7) is 8.21. The summed E-state index contributed by atoms with van der Waals surface area (Å²) in [6.07, 6.45) is 0. The summed E-state index contributed by atoms with van der Waals surface area (Å²) in [4.78, 5) is 0. The zero-order valence-corrected chi connectivity index (χ0v) is 24.1. The molecule has 0 amide bonds. The highest BCUT2D eigenvalue weighted by atomic mass is 35.7. The van der Waals surface area contributed by atoms with Crippen LogP contribution >= 0.6 is 60.3 Å². The van der Waals surface area contributed by atoms with E-state index in [4.69, 9.17) is 71.7 Å². The molecule has 0 saturated carbocycles. The molecule has 0 heterocycles. The van der Waals surface area contributed by atoms with E-state index in [0.29, 0.717) is 22.8 Å². The smallest absolute Gasteiger partial charge is 0.620 e. The van der Waals surface area contributed by atoms with E-state index in [1.54, 1.807) is 12.1 Å². The van der Waals surface area contributed by atoms with Crippen LogP contribution in [-0.4, -0.2) is 37.9 Å². The van der Waals surface area contributed by atoms with E-state index in [2.05, 4.69) is 20.8 Å². The maximum absolute atomic E-state index is 6.03. The Bertz CT molecular complexity index is 859. The zero-order chi connectivity index (χ0) is 21.9. The lowest BCUT2D eigenvalue weighted by atomic mass is 9.85. The fourth-order valence-electron chi connectivity index (χ4n) is 2.69. The van der Waals surface area contributed by atoms with Crippen LogP contribution in [0.3, 0.4) is 0 Å². The van der Waals surface area contributed by atoms with E-state index in [0.717, 1.165) is 16.7 Å². The Morgan fingerprint density at radius 1 is 0.655 bits per heavy atom. The van der Waals surface area contributed by atoms with Crippen LogP contribution in [0.2, 0.25) is 0 Å². The van der Waals surface area contributed by atoms with Gasteiger partial charge < -0.3 is 11.4 Å². The van der Waals surface area contributed by atoms with Crippen molar-refractivity contribution in [2.24, 2.45) is 0 Å². The van der Waals surface area contributed by atoms with Crippen molar-refractivity contribution in [3.05, 3.63) is 41.5 Å². The van der Waals surface area contributed by atoms with Crippen LogP contribution in [-0.2, 0) is 5.41 Å². The second-order valence-corrected chi connectivity index (χ2v) is 18.6. The van der Waals surface area contributed by atoms with Crippen molar-refractivity contribution in [1.29, 1.82) is 0 Å². The van der Waals surface area contributed by atoms with E-state index < -0.39 is 37.9 Å². The zero-order valence-electron chi connectivity index (χ0n) is 16.1. The summed E-state index contributed by atoms with van der Waals surface area (Å²) in [5, 5.41) is 0. The van der Waals surface area contributed by atoms with E-state index in [1.165, 1.54) is 0 Å².